The number of carbonyl (C=O) groups excluding carboxylic acids is 2. The van der Waals surface area contributed by atoms with Gasteiger partial charge in [0.05, 0.1) is 5.69 Å². The van der Waals surface area contributed by atoms with Crippen molar-refractivity contribution in [3.8, 4) is 0 Å². The minimum absolute atomic E-state index is 0.0663. The molecule has 0 aliphatic rings. The van der Waals surface area contributed by atoms with Gasteiger partial charge in [0.25, 0.3) is 0 Å². The molecule has 2 atom stereocenters. The second-order valence-electron chi connectivity index (χ2n) is 8.52. The van der Waals surface area contributed by atoms with Crippen LogP contribution in [-0.4, -0.2) is 62.2 Å². The molecule has 0 unspecified atom stereocenters. The predicted octanol–water partition coefficient (Wildman–Crippen LogP) is 4.08. The Morgan fingerprint density at radius 1 is 1.06 bits per heavy atom. The van der Waals surface area contributed by atoms with Gasteiger partial charge in [0, 0.05) is 36.7 Å². The maximum atomic E-state index is 13.6. The van der Waals surface area contributed by atoms with Gasteiger partial charge in [0.2, 0.25) is 11.8 Å². The average molecular weight is 562 g/mol. The van der Waals surface area contributed by atoms with E-state index in [1.54, 1.807) is 19.1 Å². The van der Waals surface area contributed by atoms with E-state index in [0.29, 0.717) is 22.0 Å². The largest absolute Gasteiger partial charge is 0.352 e. The summed E-state index contributed by atoms with van der Waals surface area (Å²) >= 11 is 12.3. The summed E-state index contributed by atoms with van der Waals surface area (Å²) in [5, 5.41) is 3.55. The van der Waals surface area contributed by atoms with E-state index in [4.69, 9.17) is 23.2 Å². The van der Waals surface area contributed by atoms with Crippen molar-refractivity contribution in [1.29, 1.82) is 0 Å². The van der Waals surface area contributed by atoms with E-state index in [9.17, 15) is 22.4 Å². The number of nitrogens with zero attached hydrogens (tertiary/aromatic N) is 3. The van der Waals surface area contributed by atoms with Gasteiger partial charge < -0.3 is 10.2 Å². The third-order valence-corrected chi connectivity index (χ3v) is 8.06. The van der Waals surface area contributed by atoms with Crippen LogP contribution in [0, 0.1) is 5.82 Å². The molecule has 0 spiro atoms. The maximum Gasteiger partial charge on any atom is 0.304 e. The van der Waals surface area contributed by atoms with Crippen LogP contribution in [0.25, 0.3) is 0 Å². The van der Waals surface area contributed by atoms with Crippen molar-refractivity contribution in [3.63, 3.8) is 0 Å². The normalized spacial score (nSPS) is 13.2. The third kappa shape index (κ3) is 7.55. The first-order valence-electron chi connectivity index (χ1n) is 11.3. The van der Waals surface area contributed by atoms with Crippen LogP contribution < -0.4 is 9.62 Å². The molecule has 0 aliphatic carbocycles. The van der Waals surface area contributed by atoms with Crippen molar-refractivity contribution < 1.29 is 22.4 Å². The van der Waals surface area contributed by atoms with Gasteiger partial charge in [-0.3, -0.25) is 9.59 Å². The summed E-state index contributed by atoms with van der Waals surface area (Å²) in [5.41, 5.74) is 0.626. The van der Waals surface area contributed by atoms with Crippen molar-refractivity contribution >= 4 is 50.9 Å². The monoisotopic (exact) mass is 560 g/mol. The predicted molar refractivity (Wildman–Crippen MR) is 141 cm³/mol. The van der Waals surface area contributed by atoms with E-state index in [1.165, 1.54) is 37.2 Å². The van der Waals surface area contributed by atoms with E-state index in [0.717, 1.165) is 20.7 Å². The van der Waals surface area contributed by atoms with Crippen LogP contribution in [0.3, 0.4) is 0 Å². The van der Waals surface area contributed by atoms with Crippen molar-refractivity contribution in [1.82, 2.24) is 14.5 Å². The summed E-state index contributed by atoms with van der Waals surface area (Å²) in [5.74, 6) is -1.60. The lowest BCUT2D eigenvalue weighted by Gasteiger charge is -2.33. The van der Waals surface area contributed by atoms with E-state index in [-0.39, 0.29) is 18.3 Å². The van der Waals surface area contributed by atoms with Gasteiger partial charge in [-0.15, -0.1) is 0 Å². The van der Waals surface area contributed by atoms with Crippen molar-refractivity contribution in [2.24, 2.45) is 0 Å². The number of anilines is 1. The number of rotatable bonds is 11. The van der Waals surface area contributed by atoms with E-state index in [1.807, 2.05) is 13.8 Å². The molecule has 1 N–H and O–H groups in total. The lowest BCUT2D eigenvalue weighted by molar-refractivity contribution is -0.139. The molecule has 0 aromatic heterocycles. The Labute approximate surface area is 222 Å². The Bertz CT molecular complexity index is 1180. The van der Waals surface area contributed by atoms with Crippen molar-refractivity contribution in [2.45, 2.75) is 45.8 Å². The van der Waals surface area contributed by atoms with Gasteiger partial charge >= 0.3 is 10.2 Å². The minimum atomic E-state index is -4.14. The standard InChI is InChI=1S/C24H31Cl2FN4O4S/c1-6-16(2)28-24(33)17(3)30(14-18-7-8-19(25)13-22(18)26)23(32)15-31(36(34,35)29(4)5)21-11-9-20(27)10-12-21/h7-13,16-17H,6,14-15H2,1-5H3,(H,28,33)/t16-,17+/m0/s1. The molecule has 0 radical (unpaired) electrons. The van der Waals surface area contributed by atoms with Crippen LogP contribution in [0.2, 0.25) is 10.0 Å². The molecule has 0 fully saturated rings. The minimum Gasteiger partial charge on any atom is -0.352 e. The molecular weight excluding hydrogens is 530 g/mol. The summed E-state index contributed by atoms with van der Waals surface area (Å²) in [4.78, 5) is 27.8. The summed E-state index contributed by atoms with van der Waals surface area (Å²) in [7, 11) is -1.49. The number of halogens is 3. The van der Waals surface area contributed by atoms with Crippen LogP contribution in [0.1, 0.15) is 32.8 Å². The van der Waals surface area contributed by atoms with Crippen molar-refractivity contribution in [2.75, 3.05) is 24.9 Å². The molecule has 8 nitrogen and oxygen atoms in total. The summed E-state index contributed by atoms with van der Waals surface area (Å²) in [6, 6.07) is 8.43. The van der Waals surface area contributed by atoms with Gasteiger partial charge in [-0.1, -0.05) is 36.2 Å². The molecule has 0 heterocycles. The quantitative estimate of drug-likeness (QED) is 0.448. The van der Waals surface area contributed by atoms with Gasteiger partial charge in [-0.05, 0) is 62.2 Å². The zero-order valence-electron chi connectivity index (χ0n) is 20.8. The number of benzene rings is 2. The van der Waals surface area contributed by atoms with E-state index >= 15 is 0 Å². The zero-order valence-corrected chi connectivity index (χ0v) is 23.2. The Hall–Kier alpha value is -2.40. The SMILES string of the molecule is CC[C@H](C)NC(=O)[C@@H](C)N(Cc1ccc(Cl)cc1Cl)C(=O)CN(c1ccc(F)cc1)S(=O)(=O)N(C)C. The highest BCUT2D eigenvalue weighted by Gasteiger charge is 2.33. The topological polar surface area (TPSA) is 90.0 Å². The van der Waals surface area contributed by atoms with Gasteiger partial charge in [0.1, 0.15) is 18.4 Å². The Morgan fingerprint density at radius 3 is 2.19 bits per heavy atom. The van der Waals surface area contributed by atoms with Crippen LogP contribution in [0.4, 0.5) is 10.1 Å². The Balaban J connectivity index is 2.48. The molecular formula is C24H31Cl2FN4O4S. The maximum absolute atomic E-state index is 13.6. The third-order valence-electron chi connectivity index (χ3n) is 5.66. The molecule has 2 aromatic carbocycles. The molecule has 12 heteroatoms. The number of carbonyl (C=O) groups is 2. The van der Waals surface area contributed by atoms with Gasteiger partial charge in [0.15, 0.2) is 0 Å². The molecule has 0 saturated carbocycles. The molecule has 0 aliphatic heterocycles. The molecule has 2 aromatic rings. The molecule has 2 amide bonds. The first kappa shape index (κ1) is 29.8. The number of nitrogens with one attached hydrogen (secondary N) is 1. The Kier molecular flexibility index (Phi) is 10.5. The smallest absolute Gasteiger partial charge is 0.304 e. The first-order chi connectivity index (χ1) is 16.8. The van der Waals surface area contributed by atoms with Gasteiger partial charge in [-0.2, -0.15) is 12.7 Å². The van der Waals surface area contributed by atoms with Crippen LogP contribution >= 0.6 is 23.2 Å². The fraction of sp³-hybridized carbons (Fsp3) is 0.417. The zero-order chi connectivity index (χ0) is 27.2. The molecule has 0 saturated heterocycles. The van der Waals surface area contributed by atoms with E-state index in [2.05, 4.69) is 5.32 Å². The van der Waals surface area contributed by atoms with Crippen LogP contribution in [0.15, 0.2) is 42.5 Å². The second kappa shape index (κ2) is 12.7. The second-order valence-corrected chi connectivity index (χ2v) is 11.4. The summed E-state index contributed by atoms with van der Waals surface area (Å²) in [6.07, 6.45) is 0.689. The van der Waals surface area contributed by atoms with Crippen LogP contribution in [-0.2, 0) is 26.3 Å². The van der Waals surface area contributed by atoms with Crippen LogP contribution in [0.5, 0.6) is 0 Å². The highest BCUT2D eigenvalue weighted by atomic mass is 35.5. The molecule has 2 rings (SSSR count). The number of hydrogen-bond acceptors (Lipinski definition) is 4. The van der Waals surface area contributed by atoms with E-state index < -0.39 is 40.4 Å². The lowest BCUT2D eigenvalue weighted by atomic mass is 10.1. The highest BCUT2D eigenvalue weighted by Crippen LogP contribution is 2.25. The average Bonchev–Trinajstić information content (AvgIpc) is 2.81. The molecule has 36 heavy (non-hydrogen) atoms. The number of amides is 2. The van der Waals surface area contributed by atoms with Crippen molar-refractivity contribution in [3.05, 3.63) is 63.9 Å². The lowest BCUT2D eigenvalue weighted by Crippen LogP contribution is -2.53. The highest BCUT2D eigenvalue weighted by molar-refractivity contribution is 7.90. The summed E-state index contributed by atoms with van der Waals surface area (Å²) < 4.78 is 41.5. The number of hydrogen-bond donors (Lipinski definition) is 1. The fourth-order valence-corrected chi connectivity index (χ4v) is 4.73. The molecule has 0 bridgehead atoms. The Morgan fingerprint density at radius 2 is 1.67 bits per heavy atom. The summed E-state index contributed by atoms with van der Waals surface area (Å²) in [6.45, 7) is 4.62. The fourth-order valence-electron chi connectivity index (χ4n) is 3.21. The first-order valence-corrected chi connectivity index (χ1v) is 13.4. The van der Waals surface area contributed by atoms with Gasteiger partial charge in [-0.25, -0.2) is 8.70 Å². The molecule has 198 valence electrons.